The molecule has 0 bridgehead atoms. The second-order valence-corrected chi connectivity index (χ2v) is 9.32. The van der Waals surface area contributed by atoms with Crippen LogP contribution < -0.4 is 9.47 Å². The van der Waals surface area contributed by atoms with Crippen LogP contribution in [-0.4, -0.2) is 48.2 Å². The van der Waals surface area contributed by atoms with Gasteiger partial charge in [0.2, 0.25) is 0 Å². The van der Waals surface area contributed by atoms with Crippen LogP contribution in [-0.2, 0) is 4.74 Å². The van der Waals surface area contributed by atoms with E-state index in [0.717, 1.165) is 5.57 Å². The van der Waals surface area contributed by atoms with E-state index in [2.05, 4.69) is 6.08 Å². The Morgan fingerprint density at radius 3 is 2.47 bits per heavy atom. The molecule has 2 aliphatic rings. The van der Waals surface area contributed by atoms with Crippen LogP contribution >= 0.6 is 0 Å². The summed E-state index contributed by atoms with van der Waals surface area (Å²) >= 11 is 0. The summed E-state index contributed by atoms with van der Waals surface area (Å²) in [6, 6.07) is 4.90. The minimum Gasteiger partial charge on any atom is -0.493 e. The lowest BCUT2D eigenvalue weighted by Crippen LogP contribution is -2.50. The van der Waals surface area contributed by atoms with Crippen molar-refractivity contribution in [3.63, 3.8) is 0 Å². The summed E-state index contributed by atoms with van der Waals surface area (Å²) in [7, 11) is 3.05. The summed E-state index contributed by atoms with van der Waals surface area (Å²) < 4.78 is 16.6. The first-order valence-electron chi connectivity index (χ1n) is 10.6. The lowest BCUT2D eigenvalue weighted by molar-refractivity contribution is -0.113. The third-order valence-corrected chi connectivity index (χ3v) is 7.19. The molecule has 6 nitrogen and oxygen atoms in total. The fourth-order valence-corrected chi connectivity index (χ4v) is 5.24. The highest BCUT2D eigenvalue weighted by molar-refractivity contribution is 5.90. The molecule has 3 rings (SSSR count). The summed E-state index contributed by atoms with van der Waals surface area (Å²) in [5, 5.41) is 22.5. The van der Waals surface area contributed by atoms with Crippen molar-refractivity contribution >= 4 is 5.97 Å². The quantitative estimate of drug-likeness (QED) is 0.560. The number of fused-ring (bicyclic) bond motifs is 1. The van der Waals surface area contributed by atoms with E-state index < -0.39 is 29.2 Å². The summed E-state index contributed by atoms with van der Waals surface area (Å²) in [5.74, 6) is 0.0367. The Hall–Kier alpha value is -2.05. The van der Waals surface area contributed by atoms with E-state index in [9.17, 15) is 15.0 Å². The molecular weight excluding hydrogens is 384 g/mol. The van der Waals surface area contributed by atoms with Gasteiger partial charge in [-0.1, -0.05) is 32.4 Å². The monoisotopic (exact) mass is 418 g/mol. The summed E-state index contributed by atoms with van der Waals surface area (Å²) in [6.45, 7) is 7.91. The van der Waals surface area contributed by atoms with Gasteiger partial charge in [-0.25, -0.2) is 4.79 Å². The normalized spacial score (nSPS) is 33.5. The number of benzene rings is 1. The van der Waals surface area contributed by atoms with Crippen LogP contribution in [0.5, 0.6) is 11.5 Å². The van der Waals surface area contributed by atoms with E-state index in [1.165, 1.54) is 14.2 Å². The highest BCUT2D eigenvalue weighted by atomic mass is 16.5. The number of ether oxygens (including phenoxy) is 3. The summed E-state index contributed by atoms with van der Waals surface area (Å²) in [5.41, 5.74) is -0.241. The molecule has 0 aromatic heterocycles. The van der Waals surface area contributed by atoms with Crippen LogP contribution in [0, 0.1) is 17.3 Å². The van der Waals surface area contributed by atoms with Crippen molar-refractivity contribution in [3.05, 3.63) is 35.4 Å². The number of aliphatic hydroxyl groups excluding tert-OH is 1. The number of rotatable bonds is 5. The number of hydrogen-bond acceptors (Lipinski definition) is 6. The number of aliphatic hydroxyl groups is 2. The van der Waals surface area contributed by atoms with Crippen molar-refractivity contribution in [2.24, 2.45) is 17.3 Å². The molecule has 30 heavy (non-hydrogen) atoms. The zero-order chi connectivity index (χ0) is 22.3. The third-order valence-electron chi connectivity index (χ3n) is 7.19. The Morgan fingerprint density at radius 2 is 1.87 bits per heavy atom. The molecule has 166 valence electrons. The van der Waals surface area contributed by atoms with Gasteiger partial charge in [-0.3, -0.25) is 0 Å². The predicted octanol–water partition coefficient (Wildman–Crippen LogP) is 3.74. The number of carbonyl (C=O) groups excluding carboxylic acids is 1. The maximum atomic E-state index is 13.1. The van der Waals surface area contributed by atoms with Gasteiger partial charge in [0.05, 0.1) is 31.5 Å². The first-order chi connectivity index (χ1) is 14.1. The van der Waals surface area contributed by atoms with E-state index in [1.807, 2.05) is 27.7 Å². The molecule has 1 aromatic rings. The molecule has 1 saturated carbocycles. The van der Waals surface area contributed by atoms with Gasteiger partial charge in [0.15, 0.2) is 11.5 Å². The van der Waals surface area contributed by atoms with Crippen LogP contribution in [0.1, 0.15) is 57.3 Å². The van der Waals surface area contributed by atoms with E-state index >= 15 is 0 Å². The molecule has 0 heterocycles. The first kappa shape index (κ1) is 22.6. The van der Waals surface area contributed by atoms with Crippen LogP contribution in [0.25, 0.3) is 0 Å². The lowest BCUT2D eigenvalue weighted by Gasteiger charge is -2.43. The van der Waals surface area contributed by atoms with Gasteiger partial charge in [-0.05, 0) is 37.5 Å². The molecule has 0 aliphatic heterocycles. The Bertz CT molecular complexity index is 831. The minimum absolute atomic E-state index is 0.0836. The second kappa shape index (κ2) is 8.23. The Labute approximate surface area is 178 Å². The molecule has 0 saturated heterocycles. The van der Waals surface area contributed by atoms with Gasteiger partial charge >= 0.3 is 5.97 Å². The molecule has 0 amide bonds. The molecule has 5 unspecified atom stereocenters. The highest BCUT2D eigenvalue weighted by Gasteiger charge is 2.63. The van der Waals surface area contributed by atoms with E-state index in [1.54, 1.807) is 18.2 Å². The molecule has 2 N–H and O–H groups in total. The van der Waals surface area contributed by atoms with Gasteiger partial charge in [-0.15, -0.1) is 0 Å². The van der Waals surface area contributed by atoms with E-state index in [0.29, 0.717) is 29.9 Å². The van der Waals surface area contributed by atoms with Crippen LogP contribution in [0.3, 0.4) is 0 Å². The standard InChI is InChI=1S/C24H34O6/c1-14(2)24(27)13-20(25)23(4)10-9-15(3)11-19(21(23)24)30-22(26)16-7-8-17(28-5)18(12-16)29-6/h7-9,12,14,19-21,25,27H,10-11,13H2,1-6H3. The molecule has 5 atom stereocenters. The fraction of sp³-hybridized carbons (Fsp3) is 0.625. The van der Waals surface area contributed by atoms with E-state index in [4.69, 9.17) is 14.2 Å². The zero-order valence-corrected chi connectivity index (χ0v) is 18.8. The maximum Gasteiger partial charge on any atom is 0.338 e. The second-order valence-electron chi connectivity index (χ2n) is 9.32. The van der Waals surface area contributed by atoms with E-state index in [-0.39, 0.29) is 18.3 Å². The number of allylic oxidation sites excluding steroid dienone is 1. The lowest BCUT2D eigenvalue weighted by atomic mass is 9.67. The van der Waals surface area contributed by atoms with Crippen molar-refractivity contribution in [1.82, 2.24) is 0 Å². The average Bonchev–Trinajstić information content (AvgIpc) is 2.82. The Morgan fingerprint density at radius 1 is 1.20 bits per heavy atom. The molecule has 1 fully saturated rings. The van der Waals surface area contributed by atoms with Crippen molar-refractivity contribution in [2.75, 3.05) is 14.2 Å². The smallest absolute Gasteiger partial charge is 0.338 e. The van der Waals surface area contributed by atoms with Gasteiger partial charge in [-0.2, -0.15) is 0 Å². The van der Waals surface area contributed by atoms with Gasteiger partial charge in [0.1, 0.15) is 6.10 Å². The maximum absolute atomic E-state index is 13.1. The van der Waals surface area contributed by atoms with Crippen LogP contribution in [0.15, 0.2) is 29.8 Å². The van der Waals surface area contributed by atoms with Crippen molar-refractivity contribution in [1.29, 1.82) is 0 Å². The molecule has 0 spiro atoms. The molecule has 6 heteroatoms. The van der Waals surface area contributed by atoms with Crippen molar-refractivity contribution in [3.8, 4) is 11.5 Å². The molecular formula is C24H34O6. The first-order valence-corrected chi connectivity index (χ1v) is 10.6. The van der Waals surface area contributed by atoms with Crippen molar-refractivity contribution < 1.29 is 29.2 Å². The SMILES string of the molecule is COc1ccc(C(=O)OC2CC(C)=CCC3(C)C(O)CC(O)(C(C)C)C23)cc1OC. The minimum atomic E-state index is -1.12. The van der Waals surface area contributed by atoms with Crippen molar-refractivity contribution in [2.45, 2.75) is 64.8 Å². The van der Waals surface area contributed by atoms with Crippen LogP contribution in [0.4, 0.5) is 0 Å². The van der Waals surface area contributed by atoms with Gasteiger partial charge < -0.3 is 24.4 Å². The zero-order valence-electron chi connectivity index (χ0n) is 18.8. The predicted molar refractivity (Wildman–Crippen MR) is 114 cm³/mol. The number of esters is 1. The fourth-order valence-electron chi connectivity index (χ4n) is 5.24. The molecule has 2 aliphatic carbocycles. The molecule has 0 radical (unpaired) electrons. The average molecular weight is 419 g/mol. The van der Waals surface area contributed by atoms with Gasteiger partial charge in [0, 0.05) is 24.2 Å². The van der Waals surface area contributed by atoms with Crippen LogP contribution in [0.2, 0.25) is 0 Å². The topological polar surface area (TPSA) is 85.2 Å². The number of hydrogen-bond donors (Lipinski definition) is 2. The number of carbonyl (C=O) groups is 1. The number of methoxy groups -OCH3 is 2. The summed E-state index contributed by atoms with van der Waals surface area (Å²) in [6.07, 6.45) is 2.35. The summed E-state index contributed by atoms with van der Waals surface area (Å²) in [4.78, 5) is 13.1. The Kier molecular flexibility index (Phi) is 6.21. The highest BCUT2D eigenvalue weighted by Crippen LogP contribution is 2.58. The van der Waals surface area contributed by atoms with Gasteiger partial charge in [0.25, 0.3) is 0 Å². The largest absolute Gasteiger partial charge is 0.493 e. The Balaban J connectivity index is 1.96. The molecule has 1 aromatic carbocycles. The third kappa shape index (κ3) is 3.71.